The molecule has 24 heavy (non-hydrogen) atoms. The van der Waals surface area contributed by atoms with E-state index in [1.165, 1.54) is 28.5 Å². The minimum absolute atomic E-state index is 0.156. The summed E-state index contributed by atoms with van der Waals surface area (Å²) in [4.78, 5) is 18.4. The van der Waals surface area contributed by atoms with Crippen molar-refractivity contribution in [2.24, 2.45) is 0 Å². The van der Waals surface area contributed by atoms with E-state index >= 15 is 0 Å². The fraction of sp³-hybridized carbons (Fsp3) is 0.158. The lowest BCUT2D eigenvalue weighted by Crippen LogP contribution is -2.06. The summed E-state index contributed by atoms with van der Waals surface area (Å²) >= 11 is 3.11. The quantitative estimate of drug-likeness (QED) is 0.632. The first-order valence-electron chi connectivity index (χ1n) is 7.78. The molecular formula is C19H18N2OS2. The van der Waals surface area contributed by atoms with Crippen molar-refractivity contribution in [2.45, 2.75) is 19.8 Å². The van der Waals surface area contributed by atoms with E-state index in [4.69, 9.17) is 0 Å². The monoisotopic (exact) mass is 354 g/mol. The van der Waals surface area contributed by atoms with Crippen LogP contribution in [0.15, 0.2) is 54.1 Å². The van der Waals surface area contributed by atoms with Crippen LogP contribution in [0, 0.1) is 0 Å². The molecule has 0 unspecified atom stereocenters. The highest BCUT2D eigenvalue weighted by atomic mass is 32.1. The normalized spacial score (nSPS) is 11.0. The second-order valence-electron chi connectivity index (χ2n) is 5.32. The summed E-state index contributed by atoms with van der Waals surface area (Å²) in [6.45, 7) is 2.15. The van der Waals surface area contributed by atoms with Crippen molar-refractivity contribution in [2.75, 3.05) is 5.32 Å². The SMILES string of the molecule is CCc1ccc(Cc2cnc(NC(=O)/C=C/c3cccs3)s2)cc1. The van der Waals surface area contributed by atoms with Gasteiger partial charge in [0, 0.05) is 28.4 Å². The number of nitrogens with one attached hydrogen (secondary N) is 1. The van der Waals surface area contributed by atoms with Gasteiger partial charge in [-0.1, -0.05) is 37.3 Å². The Hall–Kier alpha value is -2.24. The fourth-order valence-electron chi connectivity index (χ4n) is 2.23. The van der Waals surface area contributed by atoms with Crippen LogP contribution in [0.3, 0.4) is 0 Å². The molecule has 0 aliphatic carbocycles. The maximum absolute atomic E-state index is 11.9. The molecule has 1 amide bonds. The lowest BCUT2D eigenvalue weighted by molar-refractivity contribution is -0.111. The molecule has 3 aromatic rings. The molecule has 0 atom stereocenters. The molecule has 1 N–H and O–H groups in total. The van der Waals surface area contributed by atoms with Gasteiger partial charge in [-0.15, -0.1) is 22.7 Å². The highest BCUT2D eigenvalue weighted by molar-refractivity contribution is 7.15. The number of carbonyl (C=O) groups excluding carboxylic acids is 1. The number of aromatic nitrogens is 1. The number of aryl methyl sites for hydroxylation is 1. The Morgan fingerprint density at radius 3 is 2.71 bits per heavy atom. The predicted molar refractivity (Wildman–Crippen MR) is 103 cm³/mol. The number of carbonyl (C=O) groups is 1. The first-order valence-corrected chi connectivity index (χ1v) is 9.47. The van der Waals surface area contributed by atoms with Gasteiger partial charge in [-0.2, -0.15) is 0 Å². The Balaban J connectivity index is 1.57. The van der Waals surface area contributed by atoms with E-state index in [1.807, 2.05) is 29.8 Å². The topological polar surface area (TPSA) is 42.0 Å². The minimum atomic E-state index is -0.156. The second-order valence-corrected chi connectivity index (χ2v) is 7.41. The molecule has 0 radical (unpaired) electrons. The van der Waals surface area contributed by atoms with Crippen LogP contribution in [0.1, 0.15) is 27.8 Å². The average Bonchev–Trinajstić information content (AvgIpc) is 3.26. The maximum atomic E-state index is 11.9. The number of nitrogens with zero attached hydrogens (tertiary/aromatic N) is 1. The summed E-state index contributed by atoms with van der Waals surface area (Å²) in [5, 5.41) is 5.43. The van der Waals surface area contributed by atoms with Crippen LogP contribution >= 0.6 is 22.7 Å². The zero-order chi connectivity index (χ0) is 16.8. The van der Waals surface area contributed by atoms with Gasteiger partial charge in [0.15, 0.2) is 5.13 Å². The standard InChI is InChI=1S/C19H18N2OS2/c1-2-14-5-7-15(8-6-14)12-17-13-20-19(24-17)21-18(22)10-9-16-4-3-11-23-16/h3-11,13H,2,12H2,1H3,(H,20,21,22)/b10-9+. The molecule has 0 spiro atoms. The van der Waals surface area contributed by atoms with E-state index in [2.05, 4.69) is 41.5 Å². The lowest BCUT2D eigenvalue weighted by Gasteiger charge is -2.00. The largest absolute Gasteiger partial charge is 0.298 e. The van der Waals surface area contributed by atoms with Gasteiger partial charge < -0.3 is 0 Å². The van der Waals surface area contributed by atoms with Crippen LogP contribution in [0.5, 0.6) is 0 Å². The van der Waals surface area contributed by atoms with Gasteiger partial charge in [-0.25, -0.2) is 4.98 Å². The van der Waals surface area contributed by atoms with E-state index in [1.54, 1.807) is 11.3 Å². The third-order valence-electron chi connectivity index (χ3n) is 3.54. The van der Waals surface area contributed by atoms with Crippen LogP contribution in [-0.2, 0) is 17.6 Å². The van der Waals surface area contributed by atoms with Crippen molar-refractivity contribution >= 4 is 39.8 Å². The van der Waals surface area contributed by atoms with Crippen molar-refractivity contribution < 1.29 is 4.79 Å². The molecule has 0 aliphatic heterocycles. The van der Waals surface area contributed by atoms with Gasteiger partial charge in [0.1, 0.15) is 0 Å². The first-order chi connectivity index (χ1) is 11.7. The summed E-state index contributed by atoms with van der Waals surface area (Å²) < 4.78 is 0. The van der Waals surface area contributed by atoms with Crippen LogP contribution < -0.4 is 5.32 Å². The lowest BCUT2D eigenvalue weighted by atomic mass is 10.1. The first kappa shape index (κ1) is 16.6. The number of rotatable bonds is 6. The summed E-state index contributed by atoms with van der Waals surface area (Å²) in [6, 6.07) is 12.6. The van der Waals surface area contributed by atoms with E-state index < -0.39 is 0 Å². The molecule has 5 heteroatoms. The van der Waals surface area contributed by atoms with Gasteiger partial charge in [-0.3, -0.25) is 10.1 Å². The highest BCUT2D eigenvalue weighted by Crippen LogP contribution is 2.21. The Morgan fingerprint density at radius 1 is 1.21 bits per heavy atom. The van der Waals surface area contributed by atoms with Crippen LogP contribution in [0.2, 0.25) is 0 Å². The van der Waals surface area contributed by atoms with Crippen molar-refractivity contribution in [1.82, 2.24) is 4.98 Å². The molecule has 3 rings (SSSR count). The number of benzene rings is 1. The summed E-state index contributed by atoms with van der Waals surface area (Å²) in [5.41, 5.74) is 2.60. The summed E-state index contributed by atoms with van der Waals surface area (Å²) in [7, 11) is 0. The second kappa shape index (κ2) is 8.04. The van der Waals surface area contributed by atoms with Gasteiger partial charge in [-0.05, 0) is 35.1 Å². The molecule has 0 aliphatic rings. The smallest absolute Gasteiger partial charge is 0.250 e. The van der Waals surface area contributed by atoms with E-state index in [0.717, 1.165) is 22.6 Å². The third-order valence-corrected chi connectivity index (χ3v) is 5.29. The Kier molecular flexibility index (Phi) is 5.56. The van der Waals surface area contributed by atoms with Crippen molar-refractivity contribution in [3.63, 3.8) is 0 Å². The van der Waals surface area contributed by atoms with Crippen molar-refractivity contribution in [3.8, 4) is 0 Å². The van der Waals surface area contributed by atoms with E-state index in [9.17, 15) is 4.79 Å². The number of thiazole rings is 1. The van der Waals surface area contributed by atoms with Crippen molar-refractivity contribution in [3.05, 3.63) is 74.9 Å². The predicted octanol–water partition coefficient (Wildman–Crippen LogP) is 5.01. The summed E-state index contributed by atoms with van der Waals surface area (Å²) in [6.07, 6.45) is 7.07. The number of anilines is 1. The Labute approximate surface area is 149 Å². The molecular weight excluding hydrogens is 336 g/mol. The molecule has 2 heterocycles. The van der Waals surface area contributed by atoms with E-state index in [0.29, 0.717) is 5.13 Å². The molecule has 122 valence electrons. The molecule has 1 aromatic carbocycles. The third kappa shape index (κ3) is 4.63. The zero-order valence-electron chi connectivity index (χ0n) is 13.4. The van der Waals surface area contributed by atoms with Gasteiger partial charge in [0.05, 0.1) is 0 Å². The molecule has 0 saturated carbocycles. The number of hydrogen-bond donors (Lipinski definition) is 1. The maximum Gasteiger partial charge on any atom is 0.250 e. The Bertz CT molecular complexity index is 817. The van der Waals surface area contributed by atoms with Crippen LogP contribution in [0.25, 0.3) is 6.08 Å². The summed E-state index contributed by atoms with van der Waals surface area (Å²) in [5.74, 6) is -0.156. The Morgan fingerprint density at radius 2 is 2.00 bits per heavy atom. The molecule has 2 aromatic heterocycles. The van der Waals surface area contributed by atoms with Gasteiger partial charge >= 0.3 is 0 Å². The van der Waals surface area contributed by atoms with Crippen molar-refractivity contribution in [1.29, 1.82) is 0 Å². The van der Waals surface area contributed by atoms with Crippen LogP contribution in [-0.4, -0.2) is 10.9 Å². The molecule has 0 fully saturated rings. The minimum Gasteiger partial charge on any atom is -0.298 e. The number of hydrogen-bond acceptors (Lipinski definition) is 4. The molecule has 3 nitrogen and oxygen atoms in total. The molecule has 0 saturated heterocycles. The van der Waals surface area contributed by atoms with Gasteiger partial charge in [0.2, 0.25) is 5.91 Å². The fourth-order valence-corrected chi connectivity index (χ4v) is 3.70. The van der Waals surface area contributed by atoms with E-state index in [-0.39, 0.29) is 5.91 Å². The van der Waals surface area contributed by atoms with Crippen LogP contribution in [0.4, 0.5) is 5.13 Å². The average molecular weight is 354 g/mol. The van der Waals surface area contributed by atoms with Gasteiger partial charge in [0.25, 0.3) is 0 Å². The zero-order valence-corrected chi connectivity index (χ0v) is 15.0. The highest BCUT2D eigenvalue weighted by Gasteiger charge is 2.05. The number of amides is 1. The molecule has 0 bridgehead atoms. The number of thiophene rings is 1.